The summed E-state index contributed by atoms with van der Waals surface area (Å²) in [6.07, 6.45) is 10.3. The number of para-hydroxylation sites is 1. The van der Waals surface area contributed by atoms with E-state index in [0.717, 1.165) is 5.92 Å². The predicted octanol–water partition coefficient (Wildman–Crippen LogP) is 3.71. The average Bonchev–Trinajstić information content (AvgIpc) is 2.49. The second-order valence-electron chi connectivity index (χ2n) is 5.04. The van der Waals surface area contributed by atoms with E-state index in [1.165, 1.54) is 36.9 Å². The van der Waals surface area contributed by atoms with Crippen LogP contribution in [-0.2, 0) is 0 Å². The van der Waals surface area contributed by atoms with Crippen LogP contribution in [0.5, 0.6) is 0 Å². The van der Waals surface area contributed by atoms with Gasteiger partial charge in [0.05, 0.1) is 0 Å². The molecule has 3 rings (SSSR count). The maximum atomic E-state index is 2.50. The Morgan fingerprint density at radius 1 is 1.12 bits per heavy atom. The first kappa shape index (κ1) is 9.95. The van der Waals surface area contributed by atoms with Gasteiger partial charge in [0.15, 0.2) is 0 Å². The normalized spacial score (nSPS) is 28.2. The molecule has 1 heteroatoms. The number of nitrogens with zero attached hydrogens (tertiary/aromatic N) is 1. The van der Waals surface area contributed by atoms with E-state index in [2.05, 4.69) is 48.4 Å². The van der Waals surface area contributed by atoms with Gasteiger partial charge in [-0.05, 0) is 30.4 Å². The summed E-state index contributed by atoms with van der Waals surface area (Å²) in [5, 5.41) is 0. The molecule has 1 aliphatic carbocycles. The molecule has 0 bridgehead atoms. The van der Waals surface area contributed by atoms with E-state index in [9.17, 15) is 0 Å². The highest BCUT2D eigenvalue weighted by Gasteiger charge is 2.29. The number of hydrogen-bond donors (Lipinski definition) is 0. The van der Waals surface area contributed by atoms with Crippen LogP contribution < -0.4 is 4.90 Å². The first-order chi connectivity index (χ1) is 7.86. The van der Waals surface area contributed by atoms with Gasteiger partial charge in [0.25, 0.3) is 0 Å². The molecule has 0 radical (unpaired) electrons. The molecule has 1 aromatic carbocycles. The Hall–Kier alpha value is -1.24. The van der Waals surface area contributed by atoms with Gasteiger partial charge in [-0.2, -0.15) is 0 Å². The third kappa shape index (κ3) is 1.55. The zero-order valence-corrected chi connectivity index (χ0v) is 9.89. The molecular weight excluding hydrogens is 194 g/mol. The number of anilines is 1. The van der Waals surface area contributed by atoms with Gasteiger partial charge in [0.1, 0.15) is 0 Å². The lowest BCUT2D eigenvalue weighted by molar-refractivity contribution is 0.353. The largest absolute Gasteiger partial charge is 0.371 e. The minimum atomic E-state index is 0.716. The van der Waals surface area contributed by atoms with Gasteiger partial charge in [0.2, 0.25) is 0 Å². The Kier molecular flexibility index (Phi) is 2.47. The predicted molar refractivity (Wildman–Crippen MR) is 69.6 cm³/mol. The smallest absolute Gasteiger partial charge is 0.0439 e. The molecule has 0 amide bonds. The molecule has 0 aromatic heterocycles. The number of benzene rings is 1. The molecule has 0 saturated heterocycles. The summed E-state index contributed by atoms with van der Waals surface area (Å²) in [5.74, 6) is 0.756. The van der Waals surface area contributed by atoms with Crippen molar-refractivity contribution in [2.45, 2.75) is 31.7 Å². The average molecular weight is 213 g/mol. The van der Waals surface area contributed by atoms with E-state index < -0.39 is 0 Å². The highest BCUT2D eigenvalue weighted by molar-refractivity contribution is 5.69. The van der Waals surface area contributed by atoms with Crippen molar-refractivity contribution in [3.05, 3.63) is 35.9 Å². The summed E-state index contributed by atoms with van der Waals surface area (Å²) >= 11 is 0. The third-order valence-electron chi connectivity index (χ3n) is 4.12. The zero-order valence-electron chi connectivity index (χ0n) is 9.89. The third-order valence-corrected chi connectivity index (χ3v) is 4.12. The molecule has 2 aliphatic rings. The fourth-order valence-corrected chi connectivity index (χ4v) is 3.20. The summed E-state index contributed by atoms with van der Waals surface area (Å²) in [7, 11) is 2.26. The number of fused-ring (bicyclic) bond motifs is 2. The lowest BCUT2D eigenvalue weighted by Crippen LogP contribution is -2.38. The van der Waals surface area contributed by atoms with Crippen molar-refractivity contribution in [3.8, 4) is 0 Å². The minimum absolute atomic E-state index is 0.716. The van der Waals surface area contributed by atoms with Crippen molar-refractivity contribution in [2.24, 2.45) is 5.92 Å². The second-order valence-corrected chi connectivity index (χ2v) is 5.04. The molecule has 1 nitrogen and oxygen atoms in total. The lowest BCUT2D eigenvalue weighted by atomic mass is 9.84. The van der Waals surface area contributed by atoms with Crippen LogP contribution in [-0.4, -0.2) is 13.1 Å². The molecule has 2 atom stereocenters. The monoisotopic (exact) mass is 213 g/mol. The fourth-order valence-electron chi connectivity index (χ4n) is 3.20. The van der Waals surface area contributed by atoms with E-state index in [0.29, 0.717) is 6.04 Å². The molecule has 1 aromatic rings. The highest BCUT2D eigenvalue weighted by atomic mass is 15.1. The van der Waals surface area contributed by atoms with E-state index in [-0.39, 0.29) is 0 Å². The minimum Gasteiger partial charge on any atom is -0.371 e. The molecular formula is C15H19N. The van der Waals surface area contributed by atoms with E-state index in [1.807, 2.05) is 0 Å². The highest BCUT2D eigenvalue weighted by Crippen LogP contribution is 2.36. The molecule has 1 aliphatic heterocycles. The van der Waals surface area contributed by atoms with Gasteiger partial charge in [-0.1, -0.05) is 43.2 Å². The summed E-state index contributed by atoms with van der Waals surface area (Å²) < 4.78 is 0. The lowest BCUT2D eigenvalue weighted by Gasteiger charge is -2.37. The van der Waals surface area contributed by atoms with Gasteiger partial charge in [-0.25, -0.2) is 0 Å². The Labute approximate surface area is 97.8 Å². The Balaban J connectivity index is 2.03. The molecule has 1 heterocycles. The van der Waals surface area contributed by atoms with Crippen LogP contribution in [0.15, 0.2) is 30.3 Å². The van der Waals surface area contributed by atoms with Gasteiger partial charge < -0.3 is 4.90 Å². The van der Waals surface area contributed by atoms with Crippen LogP contribution in [0.3, 0.4) is 0 Å². The van der Waals surface area contributed by atoms with Crippen LogP contribution in [0.4, 0.5) is 5.69 Å². The van der Waals surface area contributed by atoms with E-state index in [4.69, 9.17) is 0 Å². The fraction of sp³-hybridized carbons (Fsp3) is 0.467. The molecule has 2 unspecified atom stereocenters. The van der Waals surface area contributed by atoms with Crippen molar-refractivity contribution in [1.29, 1.82) is 0 Å². The summed E-state index contributed by atoms with van der Waals surface area (Å²) in [6, 6.07) is 9.46. The summed E-state index contributed by atoms with van der Waals surface area (Å²) in [4.78, 5) is 2.50. The standard InChI is InChI=1S/C15H19N/c1-16-14-8-4-2-6-12(14)10-11-13-7-3-5-9-15(13)16/h2,4,6,8,10-11,13,15H,3,5,7,9H2,1H3. The van der Waals surface area contributed by atoms with Crippen LogP contribution in [0.1, 0.15) is 31.2 Å². The Bertz CT molecular complexity index is 408. The molecule has 0 spiro atoms. The van der Waals surface area contributed by atoms with Gasteiger partial charge in [-0.3, -0.25) is 0 Å². The van der Waals surface area contributed by atoms with E-state index >= 15 is 0 Å². The maximum absolute atomic E-state index is 2.50. The van der Waals surface area contributed by atoms with Crippen molar-refractivity contribution in [3.63, 3.8) is 0 Å². The second kappa shape index (κ2) is 3.97. The van der Waals surface area contributed by atoms with Crippen molar-refractivity contribution in [2.75, 3.05) is 11.9 Å². The molecule has 84 valence electrons. The number of hydrogen-bond acceptors (Lipinski definition) is 1. The molecule has 1 saturated carbocycles. The number of rotatable bonds is 0. The molecule has 0 N–H and O–H groups in total. The Morgan fingerprint density at radius 2 is 1.94 bits per heavy atom. The van der Waals surface area contributed by atoms with Crippen LogP contribution >= 0.6 is 0 Å². The molecule has 16 heavy (non-hydrogen) atoms. The SMILES string of the molecule is CN1c2ccccc2C=CC2CCCCC21. The van der Waals surface area contributed by atoms with Crippen LogP contribution in [0.25, 0.3) is 6.08 Å². The van der Waals surface area contributed by atoms with Crippen molar-refractivity contribution in [1.82, 2.24) is 0 Å². The molecule has 1 fully saturated rings. The van der Waals surface area contributed by atoms with E-state index in [1.54, 1.807) is 0 Å². The zero-order chi connectivity index (χ0) is 11.0. The first-order valence-electron chi connectivity index (χ1n) is 6.36. The van der Waals surface area contributed by atoms with Crippen molar-refractivity contribution >= 4 is 11.8 Å². The van der Waals surface area contributed by atoms with Gasteiger partial charge in [0, 0.05) is 18.8 Å². The topological polar surface area (TPSA) is 3.24 Å². The van der Waals surface area contributed by atoms with Gasteiger partial charge in [-0.15, -0.1) is 0 Å². The van der Waals surface area contributed by atoms with Crippen molar-refractivity contribution < 1.29 is 0 Å². The summed E-state index contributed by atoms with van der Waals surface area (Å²) in [6.45, 7) is 0. The first-order valence-corrected chi connectivity index (χ1v) is 6.36. The van der Waals surface area contributed by atoms with Crippen LogP contribution in [0, 0.1) is 5.92 Å². The Morgan fingerprint density at radius 3 is 2.88 bits per heavy atom. The van der Waals surface area contributed by atoms with Crippen LogP contribution in [0.2, 0.25) is 0 Å². The summed E-state index contributed by atoms with van der Waals surface area (Å²) in [5.41, 5.74) is 2.77. The maximum Gasteiger partial charge on any atom is 0.0439 e. The quantitative estimate of drug-likeness (QED) is 0.635. The van der Waals surface area contributed by atoms with Gasteiger partial charge >= 0.3 is 0 Å².